The van der Waals surface area contributed by atoms with Crippen molar-refractivity contribution in [2.75, 3.05) is 13.1 Å². The number of nitrogens with zero attached hydrogens (tertiary/aromatic N) is 1. The Bertz CT molecular complexity index is 705. The molecule has 4 fully saturated rings. The van der Waals surface area contributed by atoms with Crippen molar-refractivity contribution in [3.8, 4) is 0 Å². The second-order valence-corrected chi connectivity index (χ2v) is 10.5. The number of carbonyl (C=O) groups is 2. The topological polar surface area (TPSA) is 49.4 Å². The molecule has 6 rings (SSSR count). The Labute approximate surface area is 165 Å². The molecule has 146 valence electrons. The van der Waals surface area contributed by atoms with Crippen molar-refractivity contribution in [3.05, 3.63) is 21.9 Å². The van der Waals surface area contributed by atoms with Crippen LogP contribution in [0.1, 0.15) is 61.8 Å². The van der Waals surface area contributed by atoms with Gasteiger partial charge in [-0.1, -0.05) is 0 Å². The van der Waals surface area contributed by atoms with E-state index in [2.05, 4.69) is 16.8 Å². The summed E-state index contributed by atoms with van der Waals surface area (Å²) in [6.45, 7) is 2.24. The van der Waals surface area contributed by atoms with Crippen LogP contribution < -0.4 is 5.32 Å². The molecule has 1 N–H and O–H groups in total. The highest BCUT2D eigenvalue weighted by atomic mass is 32.1. The minimum atomic E-state index is -0.0685. The zero-order chi connectivity index (χ0) is 18.4. The van der Waals surface area contributed by atoms with Crippen LogP contribution in [0.15, 0.2) is 11.4 Å². The highest BCUT2D eigenvalue weighted by molar-refractivity contribution is 7.10. The van der Waals surface area contributed by atoms with Gasteiger partial charge in [0.15, 0.2) is 0 Å². The van der Waals surface area contributed by atoms with Gasteiger partial charge in [-0.05, 0) is 86.1 Å². The number of rotatable bonds is 5. The van der Waals surface area contributed by atoms with E-state index in [-0.39, 0.29) is 17.2 Å². The van der Waals surface area contributed by atoms with Crippen molar-refractivity contribution in [3.63, 3.8) is 0 Å². The van der Waals surface area contributed by atoms with Crippen LogP contribution >= 0.6 is 11.3 Å². The lowest BCUT2D eigenvalue weighted by Crippen LogP contribution is -2.53. The largest absolute Gasteiger partial charge is 0.356 e. The molecule has 4 bridgehead atoms. The summed E-state index contributed by atoms with van der Waals surface area (Å²) in [5.41, 5.74) is 1.25. The fourth-order valence-electron chi connectivity index (χ4n) is 6.64. The van der Waals surface area contributed by atoms with E-state index in [9.17, 15) is 9.59 Å². The van der Waals surface area contributed by atoms with Gasteiger partial charge in [0.25, 0.3) is 0 Å². The van der Waals surface area contributed by atoms with Gasteiger partial charge in [-0.3, -0.25) is 9.59 Å². The normalized spacial score (nSPS) is 33.8. The molecule has 4 aliphatic carbocycles. The average Bonchev–Trinajstić information content (AvgIpc) is 3.11. The van der Waals surface area contributed by atoms with E-state index in [0.29, 0.717) is 13.0 Å². The Morgan fingerprint density at radius 2 is 1.85 bits per heavy atom. The van der Waals surface area contributed by atoms with Crippen molar-refractivity contribution in [1.82, 2.24) is 10.2 Å². The zero-order valence-corrected chi connectivity index (χ0v) is 16.9. The van der Waals surface area contributed by atoms with Gasteiger partial charge in [-0.25, -0.2) is 0 Å². The van der Waals surface area contributed by atoms with Gasteiger partial charge in [0.2, 0.25) is 11.8 Å². The van der Waals surface area contributed by atoms with Crippen LogP contribution in [0.25, 0.3) is 0 Å². The van der Waals surface area contributed by atoms with Crippen molar-refractivity contribution in [1.29, 1.82) is 0 Å². The standard InChI is InChI=1S/C22H30N2O2S/c25-20(24-6-3-19-18(14-24)4-7-27-19)2-1-5-23-21(26)22-11-15-8-16(12-22)10-17(9-15)13-22/h4,7,15-17H,1-3,5-6,8-14H2,(H,23,26). The molecule has 1 aromatic heterocycles. The summed E-state index contributed by atoms with van der Waals surface area (Å²) < 4.78 is 0. The van der Waals surface area contributed by atoms with E-state index < -0.39 is 0 Å². The maximum absolute atomic E-state index is 12.9. The van der Waals surface area contributed by atoms with Gasteiger partial charge in [-0.15, -0.1) is 11.3 Å². The zero-order valence-electron chi connectivity index (χ0n) is 16.0. The number of carbonyl (C=O) groups excluding carboxylic acids is 2. The van der Waals surface area contributed by atoms with Crippen LogP contribution in [-0.4, -0.2) is 29.8 Å². The van der Waals surface area contributed by atoms with Crippen molar-refractivity contribution >= 4 is 23.2 Å². The molecule has 4 nitrogen and oxygen atoms in total. The molecule has 2 heterocycles. The lowest BCUT2D eigenvalue weighted by Gasteiger charge is -2.55. The summed E-state index contributed by atoms with van der Waals surface area (Å²) in [5.74, 6) is 2.91. The van der Waals surface area contributed by atoms with E-state index in [1.54, 1.807) is 11.3 Å². The summed E-state index contributed by atoms with van der Waals surface area (Å²) in [7, 11) is 0. The summed E-state index contributed by atoms with van der Waals surface area (Å²) in [5, 5.41) is 5.33. The first-order valence-electron chi connectivity index (χ1n) is 10.7. The molecule has 1 aromatic rings. The third-order valence-corrected chi connectivity index (χ3v) is 8.56. The van der Waals surface area contributed by atoms with Crippen molar-refractivity contribution < 1.29 is 9.59 Å². The van der Waals surface area contributed by atoms with Crippen LogP contribution in [0.3, 0.4) is 0 Å². The van der Waals surface area contributed by atoms with Crippen LogP contribution in [0.5, 0.6) is 0 Å². The van der Waals surface area contributed by atoms with Gasteiger partial charge in [-0.2, -0.15) is 0 Å². The molecule has 27 heavy (non-hydrogen) atoms. The molecule has 0 aromatic carbocycles. The maximum atomic E-state index is 12.9. The van der Waals surface area contributed by atoms with Gasteiger partial charge in [0.1, 0.15) is 0 Å². The number of amides is 2. The summed E-state index contributed by atoms with van der Waals surface area (Å²) >= 11 is 1.80. The molecule has 0 radical (unpaired) electrons. The highest BCUT2D eigenvalue weighted by Crippen LogP contribution is 2.60. The van der Waals surface area contributed by atoms with Crippen LogP contribution in [0.2, 0.25) is 0 Å². The molecule has 5 aliphatic rings. The predicted molar refractivity (Wildman–Crippen MR) is 106 cm³/mol. The van der Waals surface area contributed by atoms with Crippen molar-refractivity contribution in [2.45, 2.75) is 64.3 Å². The lowest BCUT2D eigenvalue weighted by molar-refractivity contribution is -0.146. The lowest BCUT2D eigenvalue weighted by atomic mass is 9.49. The van der Waals surface area contributed by atoms with Crippen LogP contribution in [-0.2, 0) is 22.6 Å². The third kappa shape index (κ3) is 3.32. The number of hydrogen-bond donors (Lipinski definition) is 1. The number of thiophene rings is 1. The van der Waals surface area contributed by atoms with Gasteiger partial charge in [0, 0.05) is 36.3 Å². The first-order chi connectivity index (χ1) is 13.1. The second kappa shape index (κ2) is 6.91. The fourth-order valence-corrected chi connectivity index (χ4v) is 7.53. The monoisotopic (exact) mass is 386 g/mol. The van der Waals surface area contributed by atoms with Crippen LogP contribution in [0.4, 0.5) is 0 Å². The number of fused-ring (bicyclic) bond motifs is 1. The molecule has 2 amide bonds. The van der Waals surface area contributed by atoms with E-state index in [4.69, 9.17) is 0 Å². The van der Waals surface area contributed by atoms with E-state index >= 15 is 0 Å². The number of nitrogens with one attached hydrogen (secondary N) is 1. The second-order valence-electron chi connectivity index (χ2n) is 9.49. The van der Waals surface area contributed by atoms with E-state index in [0.717, 1.165) is 62.9 Å². The van der Waals surface area contributed by atoms with E-state index in [1.807, 2.05) is 4.90 Å². The molecule has 0 atom stereocenters. The van der Waals surface area contributed by atoms with Gasteiger partial charge in [0.05, 0.1) is 0 Å². The Balaban J connectivity index is 1.08. The van der Waals surface area contributed by atoms with E-state index in [1.165, 1.54) is 29.7 Å². The quantitative estimate of drug-likeness (QED) is 0.784. The van der Waals surface area contributed by atoms with Gasteiger partial charge < -0.3 is 10.2 Å². The minimum Gasteiger partial charge on any atom is -0.356 e. The molecule has 4 saturated carbocycles. The molecule has 5 heteroatoms. The highest BCUT2D eigenvalue weighted by Gasteiger charge is 2.54. The Kier molecular flexibility index (Phi) is 4.53. The summed E-state index contributed by atoms with van der Waals surface area (Å²) in [4.78, 5) is 28.9. The Morgan fingerprint density at radius 1 is 1.15 bits per heavy atom. The number of hydrogen-bond acceptors (Lipinski definition) is 3. The van der Waals surface area contributed by atoms with Gasteiger partial charge >= 0.3 is 0 Å². The molecular formula is C22H30N2O2S. The SMILES string of the molecule is O=C(CCCNC(=O)C12CC3CC(CC(C3)C1)C2)N1CCc2sccc2C1. The average molecular weight is 387 g/mol. The Hall–Kier alpha value is -1.36. The molecule has 0 spiro atoms. The molecule has 0 saturated heterocycles. The summed E-state index contributed by atoms with van der Waals surface area (Å²) in [6.07, 6.45) is 9.71. The maximum Gasteiger partial charge on any atom is 0.226 e. The minimum absolute atomic E-state index is 0.0685. The molecule has 1 aliphatic heterocycles. The first kappa shape index (κ1) is 17.7. The summed E-state index contributed by atoms with van der Waals surface area (Å²) in [6, 6.07) is 2.14. The third-order valence-electron chi connectivity index (χ3n) is 7.53. The van der Waals surface area contributed by atoms with Crippen molar-refractivity contribution in [2.24, 2.45) is 23.2 Å². The predicted octanol–water partition coefficient (Wildman–Crippen LogP) is 3.75. The first-order valence-corrected chi connectivity index (χ1v) is 11.6. The smallest absolute Gasteiger partial charge is 0.226 e. The van der Waals surface area contributed by atoms with Crippen LogP contribution in [0, 0.1) is 23.2 Å². The Morgan fingerprint density at radius 3 is 2.56 bits per heavy atom. The molecule has 0 unspecified atom stereocenters. The molecular weight excluding hydrogens is 356 g/mol. The fraction of sp³-hybridized carbons (Fsp3) is 0.727.